The number of nitrogens with zero attached hydrogens (tertiary/aromatic N) is 5. The summed E-state index contributed by atoms with van der Waals surface area (Å²) < 4.78 is 0. The van der Waals surface area contributed by atoms with E-state index in [4.69, 9.17) is 0 Å². The number of anilines is 2. The summed E-state index contributed by atoms with van der Waals surface area (Å²) in [5.74, 6) is 0.926. The van der Waals surface area contributed by atoms with Gasteiger partial charge in [-0.1, -0.05) is 31.0 Å². The lowest BCUT2D eigenvalue weighted by Gasteiger charge is -2.23. The Kier molecular flexibility index (Phi) is 5.27. The number of carbonyl (C=O) groups excluding carboxylic acids is 1. The predicted octanol–water partition coefficient (Wildman–Crippen LogP) is 3.49. The highest BCUT2D eigenvalue weighted by atomic mass is 16.2. The SMILES string of the molecule is O=C(CN1CCCCCC1)N1Cc2ncnc(Nc3cnc4ccccc4c3)c2C1. The standard InChI is InChI=1S/C23H26N6O/c30-22(15-28-9-5-1-2-6-10-28)29-13-19-21(14-29)25-16-26-23(19)27-18-11-17-7-3-4-8-20(17)24-12-18/h3-4,7-8,11-12,16H,1-2,5-6,9-10,13-15H2,(H,25,26,27). The number of nitrogens with one attached hydrogen (secondary N) is 1. The molecule has 0 spiro atoms. The van der Waals surface area contributed by atoms with Crippen molar-refractivity contribution in [3.63, 3.8) is 0 Å². The summed E-state index contributed by atoms with van der Waals surface area (Å²) in [5, 5.41) is 4.46. The van der Waals surface area contributed by atoms with Crippen LogP contribution >= 0.6 is 0 Å². The number of hydrogen-bond acceptors (Lipinski definition) is 6. The summed E-state index contributed by atoms with van der Waals surface area (Å²) in [7, 11) is 0. The molecule has 2 aliphatic rings. The molecule has 1 N–H and O–H groups in total. The summed E-state index contributed by atoms with van der Waals surface area (Å²) >= 11 is 0. The molecule has 30 heavy (non-hydrogen) atoms. The maximum Gasteiger partial charge on any atom is 0.237 e. The van der Waals surface area contributed by atoms with Crippen molar-refractivity contribution >= 4 is 28.3 Å². The summed E-state index contributed by atoms with van der Waals surface area (Å²) in [6, 6.07) is 10.1. The largest absolute Gasteiger partial charge is 0.339 e. The first-order valence-corrected chi connectivity index (χ1v) is 10.7. The number of amides is 1. The molecule has 7 heteroatoms. The number of fused-ring (bicyclic) bond motifs is 2. The molecule has 7 nitrogen and oxygen atoms in total. The molecule has 5 rings (SSSR count). The molecule has 0 radical (unpaired) electrons. The molecule has 2 aliphatic heterocycles. The number of aromatic nitrogens is 3. The average molecular weight is 403 g/mol. The number of benzene rings is 1. The average Bonchev–Trinajstić information content (AvgIpc) is 3.06. The highest BCUT2D eigenvalue weighted by Crippen LogP contribution is 2.29. The number of likely N-dealkylation sites (tertiary alicyclic amines) is 1. The molecule has 4 heterocycles. The Morgan fingerprint density at radius 1 is 1.00 bits per heavy atom. The third-order valence-electron chi connectivity index (χ3n) is 5.99. The molecule has 1 saturated heterocycles. The Bertz CT molecular complexity index is 1060. The van der Waals surface area contributed by atoms with Crippen molar-refractivity contribution in [1.82, 2.24) is 24.8 Å². The van der Waals surface area contributed by atoms with Gasteiger partial charge < -0.3 is 10.2 Å². The minimum absolute atomic E-state index is 0.174. The maximum atomic E-state index is 12.9. The second-order valence-electron chi connectivity index (χ2n) is 8.13. The highest BCUT2D eigenvalue weighted by Gasteiger charge is 2.28. The molecule has 0 aliphatic carbocycles. The Balaban J connectivity index is 1.30. The van der Waals surface area contributed by atoms with Crippen molar-refractivity contribution in [3.8, 4) is 0 Å². The van der Waals surface area contributed by atoms with Gasteiger partial charge in [-0.3, -0.25) is 14.7 Å². The maximum absolute atomic E-state index is 12.9. The fraction of sp³-hybridized carbons (Fsp3) is 0.391. The topological polar surface area (TPSA) is 74.2 Å². The van der Waals surface area contributed by atoms with Crippen molar-refractivity contribution in [2.24, 2.45) is 0 Å². The molecule has 154 valence electrons. The van der Waals surface area contributed by atoms with E-state index in [0.29, 0.717) is 19.6 Å². The summed E-state index contributed by atoms with van der Waals surface area (Å²) in [6.45, 7) is 3.64. The number of pyridine rings is 1. The van der Waals surface area contributed by atoms with Crippen molar-refractivity contribution in [1.29, 1.82) is 0 Å². The van der Waals surface area contributed by atoms with Crippen molar-refractivity contribution in [2.75, 3.05) is 25.0 Å². The molecular weight excluding hydrogens is 376 g/mol. The van der Waals surface area contributed by atoms with Crippen molar-refractivity contribution in [3.05, 3.63) is 54.1 Å². The van der Waals surface area contributed by atoms with E-state index in [-0.39, 0.29) is 5.91 Å². The van der Waals surface area contributed by atoms with Crippen LogP contribution in [-0.2, 0) is 17.9 Å². The minimum atomic E-state index is 0.174. The van der Waals surface area contributed by atoms with Gasteiger partial charge in [0.05, 0.1) is 42.7 Å². The first-order chi connectivity index (χ1) is 14.8. The Morgan fingerprint density at radius 2 is 1.83 bits per heavy atom. The van der Waals surface area contributed by atoms with Crippen LogP contribution in [0.15, 0.2) is 42.9 Å². The zero-order chi connectivity index (χ0) is 20.3. The fourth-order valence-electron chi connectivity index (χ4n) is 4.32. The smallest absolute Gasteiger partial charge is 0.237 e. The third kappa shape index (κ3) is 3.98. The predicted molar refractivity (Wildman–Crippen MR) is 116 cm³/mol. The zero-order valence-electron chi connectivity index (χ0n) is 17.0. The molecule has 0 saturated carbocycles. The van der Waals surface area contributed by atoms with Gasteiger partial charge in [-0.15, -0.1) is 0 Å². The second kappa shape index (κ2) is 8.36. The molecule has 0 atom stereocenters. The Hall–Kier alpha value is -3.06. The van der Waals surface area contributed by atoms with E-state index in [0.717, 1.165) is 46.8 Å². The lowest BCUT2D eigenvalue weighted by molar-refractivity contribution is -0.133. The van der Waals surface area contributed by atoms with Crippen LogP contribution in [0.25, 0.3) is 10.9 Å². The van der Waals surface area contributed by atoms with E-state index < -0.39 is 0 Å². The molecule has 1 fully saturated rings. The van der Waals surface area contributed by atoms with Gasteiger partial charge in [-0.05, 0) is 38.1 Å². The third-order valence-corrected chi connectivity index (χ3v) is 5.99. The molecule has 2 aromatic heterocycles. The van der Waals surface area contributed by atoms with Gasteiger partial charge in [0.1, 0.15) is 12.1 Å². The molecule has 1 amide bonds. The zero-order valence-corrected chi connectivity index (χ0v) is 17.0. The van der Waals surface area contributed by atoms with Gasteiger partial charge in [0.15, 0.2) is 0 Å². The van der Waals surface area contributed by atoms with E-state index in [9.17, 15) is 4.79 Å². The summed E-state index contributed by atoms with van der Waals surface area (Å²) in [4.78, 5) is 30.5. The van der Waals surface area contributed by atoms with Crippen LogP contribution in [0.1, 0.15) is 36.9 Å². The van der Waals surface area contributed by atoms with Crippen molar-refractivity contribution < 1.29 is 4.79 Å². The van der Waals surface area contributed by atoms with Gasteiger partial charge >= 0.3 is 0 Å². The molecule has 0 bridgehead atoms. The van der Waals surface area contributed by atoms with E-state index in [1.807, 2.05) is 35.4 Å². The van der Waals surface area contributed by atoms with Gasteiger partial charge in [0, 0.05) is 10.9 Å². The van der Waals surface area contributed by atoms with Gasteiger partial charge in [-0.25, -0.2) is 9.97 Å². The van der Waals surface area contributed by atoms with Crippen LogP contribution in [0, 0.1) is 0 Å². The summed E-state index contributed by atoms with van der Waals surface area (Å²) in [5.41, 5.74) is 3.76. The number of carbonyl (C=O) groups is 1. The van der Waals surface area contributed by atoms with Crippen LogP contribution in [-0.4, -0.2) is 50.3 Å². The Morgan fingerprint density at radius 3 is 2.70 bits per heavy atom. The first-order valence-electron chi connectivity index (χ1n) is 10.7. The van der Waals surface area contributed by atoms with Gasteiger partial charge in [-0.2, -0.15) is 0 Å². The number of hydrogen-bond donors (Lipinski definition) is 1. The fourth-order valence-corrected chi connectivity index (χ4v) is 4.32. The number of para-hydroxylation sites is 1. The van der Waals surface area contributed by atoms with Crippen molar-refractivity contribution in [2.45, 2.75) is 38.8 Å². The van der Waals surface area contributed by atoms with E-state index in [1.165, 1.54) is 25.7 Å². The van der Waals surface area contributed by atoms with E-state index in [1.54, 1.807) is 6.33 Å². The summed E-state index contributed by atoms with van der Waals surface area (Å²) in [6.07, 6.45) is 8.30. The molecule has 1 aromatic carbocycles. The normalized spacial score (nSPS) is 17.0. The monoisotopic (exact) mass is 402 g/mol. The Labute approximate surface area is 176 Å². The van der Waals surface area contributed by atoms with Gasteiger partial charge in [0.2, 0.25) is 5.91 Å². The van der Waals surface area contributed by atoms with Crippen LogP contribution in [0.4, 0.5) is 11.5 Å². The molecule has 0 unspecified atom stereocenters. The number of rotatable bonds is 4. The lowest BCUT2D eigenvalue weighted by Crippen LogP contribution is -2.38. The van der Waals surface area contributed by atoms with Crippen LogP contribution in [0.2, 0.25) is 0 Å². The molecule has 3 aromatic rings. The van der Waals surface area contributed by atoms with Crippen LogP contribution in [0.3, 0.4) is 0 Å². The van der Waals surface area contributed by atoms with Crippen LogP contribution in [0.5, 0.6) is 0 Å². The minimum Gasteiger partial charge on any atom is -0.339 e. The first kappa shape index (κ1) is 18.9. The van der Waals surface area contributed by atoms with E-state index >= 15 is 0 Å². The highest BCUT2D eigenvalue weighted by molar-refractivity contribution is 5.83. The van der Waals surface area contributed by atoms with Gasteiger partial charge in [0.25, 0.3) is 0 Å². The quantitative estimate of drug-likeness (QED) is 0.720. The second-order valence-corrected chi connectivity index (χ2v) is 8.13. The van der Waals surface area contributed by atoms with Crippen LogP contribution < -0.4 is 5.32 Å². The lowest BCUT2D eigenvalue weighted by atomic mass is 10.2. The van der Waals surface area contributed by atoms with E-state index in [2.05, 4.69) is 31.2 Å². The molecular formula is C23H26N6O.